The summed E-state index contributed by atoms with van der Waals surface area (Å²) in [6, 6.07) is 9.00. The predicted molar refractivity (Wildman–Crippen MR) is 82.9 cm³/mol. The van der Waals surface area contributed by atoms with Crippen LogP contribution in [0.25, 0.3) is 0 Å². The van der Waals surface area contributed by atoms with Crippen LogP contribution in [0.5, 0.6) is 5.75 Å². The van der Waals surface area contributed by atoms with Gasteiger partial charge in [0.2, 0.25) is 0 Å². The van der Waals surface area contributed by atoms with Crippen LogP contribution >= 0.6 is 11.8 Å². The van der Waals surface area contributed by atoms with E-state index in [1.165, 1.54) is 18.4 Å². The fourth-order valence-corrected chi connectivity index (χ4v) is 3.03. The molecular weight excluding hydrogens is 254 g/mol. The van der Waals surface area contributed by atoms with Crippen molar-refractivity contribution in [3.8, 4) is 18.1 Å². The third-order valence-electron chi connectivity index (χ3n) is 3.58. The Bertz CT molecular complexity index is 435. The average Bonchev–Trinajstić information content (AvgIpc) is 2.40. The molecule has 102 valence electrons. The Morgan fingerprint density at radius 1 is 1.42 bits per heavy atom. The van der Waals surface area contributed by atoms with Gasteiger partial charge < -0.3 is 10.1 Å². The molecule has 19 heavy (non-hydrogen) atoms. The first-order valence-corrected chi connectivity index (χ1v) is 7.88. The van der Waals surface area contributed by atoms with Gasteiger partial charge in [0.05, 0.1) is 12.9 Å². The van der Waals surface area contributed by atoms with Crippen LogP contribution in [-0.2, 0) is 0 Å². The van der Waals surface area contributed by atoms with Crippen molar-refractivity contribution in [2.24, 2.45) is 0 Å². The maximum Gasteiger partial charge on any atom is 0.122 e. The molecule has 1 aliphatic rings. The molecule has 1 saturated carbocycles. The van der Waals surface area contributed by atoms with Crippen LogP contribution in [0.15, 0.2) is 24.3 Å². The number of para-hydroxylation sites is 1. The summed E-state index contributed by atoms with van der Waals surface area (Å²) in [6.07, 6.45) is 7.63. The standard InChI is InChI=1S/C16H21NOS/c1-3-9-19-10-8-17-14-11-13(12-14)15-6-4-5-7-16(15)18-2/h1,4-7,13-14,17H,8-12H2,2H3. The lowest BCUT2D eigenvalue weighted by molar-refractivity contribution is 0.288. The first-order valence-electron chi connectivity index (χ1n) is 6.72. The van der Waals surface area contributed by atoms with E-state index < -0.39 is 0 Å². The largest absolute Gasteiger partial charge is 0.496 e. The second-order valence-corrected chi connectivity index (χ2v) is 5.92. The van der Waals surface area contributed by atoms with E-state index in [2.05, 4.69) is 23.4 Å². The number of benzene rings is 1. The van der Waals surface area contributed by atoms with Gasteiger partial charge in [0.1, 0.15) is 5.75 Å². The van der Waals surface area contributed by atoms with Gasteiger partial charge in [-0.15, -0.1) is 18.2 Å². The molecule has 2 nitrogen and oxygen atoms in total. The third kappa shape index (κ3) is 3.92. The van der Waals surface area contributed by atoms with Gasteiger partial charge in [0.25, 0.3) is 0 Å². The van der Waals surface area contributed by atoms with Gasteiger partial charge in [-0.2, -0.15) is 0 Å². The fourth-order valence-electron chi connectivity index (χ4n) is 2.51. The summed E-state index contributed by atoms with van der Waals surface area (Å²) in [5.41, 5.74) is 1.35. The molecule has 0 radical (unpaired) electrons. The topological polar surface area (TPSA) is 21.3 Å². The Balaban J connectivity index is 1.70. The summed E-state index contributed by atoms with van der Waals surface area (Å²) in [6.45, 7) is 1.05. The molecule has 0 unspecified atom stereocenters. The van der Waals surface area contributed by atoms with Crippen molar-refractivity contribution in [1.82, 2.24) is 5.32 Å². The number of rotatable bonds is 7. The molecular formula is C16H21NOS. The molecule has 1 aromatic carbocycles. The van der Waals surface area contributed by atoms with E-state index in [-0.39, 0.29) is 0 Å². The van der Waals surface area contributed by atoms with Crippen molar-refractivity contribution < 1.29 is 4.74 Å². The smallest absolute Gasteiger partial charge is 0.122 e. The van der Waals surface area contributed by atoms with Crippen molar-refractivity contribution in [2.75, 3.05) is 25.2 Å². The summed E-state index contributed by atoms with van der Waals surface area (Å²) in [7, 11) is 1.75. The minimum absolute atomic E-state index is 0.645. The zero-order valence-electron chi connectivity index (χ0n) is 11.4. The Kier molecular flexibility index (Phi) is 5.62. The van der Waals surface area contributed by atoms with E-state index >= 15 is 0 Å². The SMILES string of the molecule is C#CCSCCNC1CC(c2ccccc2OC)C1. The molecule has 0 amide bonds. The molecule has 0 bridgehead atoms. The summed E-state index contributed by atoms with van der Waals surface area (Å²) in [5, 5.41) is 3.58. The van der Waals surface area contributed by atoms with Crippen molar-refractivity contribution in [3.05, 3.63) is 29.8 Å². The first-order chi connectivity index (χ1) is 9.35. The summed E-state index contributed by atoms with van der Waals surface area (Å²) in [5.74, 6) is 6.23. The number of methoxy groups -OCH3 is 1. The van der Waals surface area contributed by atoms with E-state index in [1.54, 1.807) is 7.11 Å². The van der Waals surface area contributed by atoms with E-state index in [1.807, 2.05) is 23.9 Å². The van der Waals surface area contributed by atoms with Crippen molar-refractivity contribution in [3.63, 3.8) is 0 Å². The van der Waals surface area contributed by atoms with Gasteiger partial charge in [0.15, 0.2) is 0 Å². The Hall–Kier alpha value is -1.11. The van der Waals surface area contributed by atoms with Crippen LogP contribution in [0.4, 0.5) is 0 Å². The van der Waals surface area contributed by atoms with Crippen molar-refractivity contribution in [2.45, 2.75) is 24.8 Å². The van der Waals surface area contributed by atoms with Crippen molar-refractivity contribution >= 4 is 11.8 Å². The highest BCUT2D eigenvalue weighted by atomic mass is 32.2. The molecule has 1 aliphatic carbocycles. The van der Waals surface area contributed by atoms with Gasteiger partial charge in [-0.05, 0) is 30.4 Å². The summed E-state index contributed by atoms with van der Waals surface area (Å²) >= 11 is 1.81. The molecule has 0 heterocycles. The number of nitrogens with one attached hydrogen (secondary N) is 1. The maximum atomic E-state index is 5.42. The minimum atomic E-state index is 0.645. The van der Waals surface area contributed by atoms with Crippen LogP contribution in [0.1, 0.15) is 24.3 Å². The quantitative estimate of drug-likeness (QED) is 0.611. The molecule has 0 aliphatic heterocycles. The predicted octanol–water partition coefficient (Wildman–Crippen LogP) is 2.90. The van der Waals surface area contributed by atoms with Crippen molar-refractivity contribution in [1.29, 1.82) is 0 Å². The van der Waals surface area contributed by atoms with Gasteiger partial charge in [0, 0.05) is 18.3 Å². The lowest BCUT2D eigenvalue weighted by Gasteiger charge is -2.37. The molecule has 2 rings (SSSR count). The van der Waals surface area contributed by atoms with Crippen LogP contribution < -0.4 is 10.1 Å². The van der Waals surface area contributed by atoms with Crippen LogP contribution in [0, 0.1) is 12.3 Å². The van der Waals surface area contributed by atoms with E-state index in [9.17, 15) is 0 Å². The van der Waals surface area contributed by atoms with Gasteiger partial charge >= 0.3 is 0 Å². The van der Waals surface area contributed by atoms with Crippen LogP contribution in [-0.4, -0.2) is 31.2 Å². The van der Waals surface area contributed by atoms with Crippen LogP contribution in [0.2, 0.25) is 0 Å². The van der Waals surface area contributed by atoms with Crippen LogP contribution in [0.3, 0.4) is 0 Å². The van der Waals surface area contributed by atoms with E-state index in [4.69, 9.17) is 11.2 Å². The lowest BCUT2D eigenvalue weighted by atomic mass is 9.75. The zero-order valence-corrected chi connectivity index (χ0v) is 12.2. The maximum absolute atomic E-state index is 5.42. The Morgan fingerprint density at radius 3 is 2.95 bits per heavy atom. The Morgan fingerprint density at radius 2 is 2.21 bits per heavy atom. The van der Waals surface area contributed by atoms with E-state index in [0.717, 1.165) is 23.8 Å². The number of terminal acetylenes is 1. The number of hydrogen-bond acceptors (Lipinski definition) is 3. The average molecular weight is 275 g/mol. The molecule has 3 heteroatoms. The first kappa shape index (κ1) is 14.3. The lowest BCUT2D eigenvalue weighted by Crippen LogP contribution is -2.41. The van der Waals surface area contributed by atoms with Gasteiger partial charge in [-0.25, -0.2) is 0 Å². The highest BCUT2D eigenvalue weighted by Gasteiger charge is 2.31. The Labute approximate surface area is 120 Å². The number of ether oxygens (including phenoxy) is 1. The third-order valence-corrected chi connectivity index (χ3v) is 4.45. The van der Waals surface area contributed by atoms with Gasteiger partial charge in [-0.3, -0.25) is 0 Å². The number of thioether (sulfide) groups is 1. The molecule has 1 aromatic rings. The molecule has 1 N–H and O–H groups in total. The minimum Gasteiger partial charge on any atom is -0.496 e. The number of hydrogen-bond donors (Lipinski definition) is 1. The summed E-state index contributed by atoms with van der Waals surface area (Å²) < 4.78 is 5.42. The van der Waals surface area contributed by atoms with E-state index in [0.29, 0.717) is 12.0 Å². The van der Waals surface area contributed by atoms with Gasteiger partial charge in [-0.1, -0.05) is 24.1 Å². The molecule has 0 saturated heterocycles. The normalized spacial score (nSPS) is 21.5. The fraction of sp³-hybridized carbons (Fsp3) is 0.500. The molecule has 1 fully saturated rings. The molecule has 0 atom stereocenters. The highest BCUT2D eigenvalue weighted by molar-refractivity contribution is 7.99. The second-order valence-electron chi connectivity index (χ2n) is 4.82. The second kappa shape index (κ2) is 7.47. The molecule has 0 aromatic heterocycles. The molecule has 0 spiro atoms. The zero-order chi connectivity index (χ0) is 13.5. The summed E-state index contributed by atoms with van der Waals surface area (Å²) in [4.78, 5) is 0. The highest BCUT2D eigenvalue weighted by Crippen LogP contribution is 2.40. The monoisotopic (exact) mass is 275 g/mol.